The van der Waals surface area contributed by atoms with E-state index in [0.29, 0.717) is 18.0 Å². The third-order valence-corrected chi connectivity index (χ3v) is 5.18. The molecule has 1 amide bonds. The summed E-state index contributed by atoms with van der Waals surface area (Å²) < 4.78 is 5.20. The summed E-state index contributed by atoms with van der Waals surface area (Å²) in [5, 5.41) is 13.3. The fourth-order valence-corrected chi connectivity index (χ4v) is 3.70. The molecule has 0 bridgehead atoms. The molecule has 1 aliphatic rings. The molecular weight excluding hydrogens is 356 g/mol. The van der Waals surface area contributed by atoms with Crippen molar-refractivity contribution in [3.8, 4) is 17.0 Å². The molecule has 0 spiro atoms. The molecule has 28 heavy (non-hydrogen) atoms. The molecule has 3 aromatic rings. The molecule has 1 atom stereocenters. The Hall–Kier alpha value is -3.22. The van der Waals surface area contributed by atoms with Crippen molar-refractivity contribution in [1.82, 2.24) is 20.0 Å². The first-order valence-corrected chi connectivity index (χ1v) is 9.33. The Labute approximate surface area is 163 Å². The highest BCUT2D eigenvalue weighted by atomic mass is 16.5. The molecule has 144 valence electrons. The highest BCUT2D eigenvalue weighted by Crippen LogP contribution is 2.26. The van der Waals surface area contributed by atoms with Gasteiger partial charge in [0.2, 0.25) is 0 Å². The summed E-state index contributed by atoms with van der Waals surface area (Å²) in [6, 6.07) is 6.39. The van der Waals surface area contributed by atoms with Gasteiger partial charge in [0.15, 0.2) is 0 Å². The molecule has 4 rings (SSSR count). The standard InChI is InChI=1S/C21H22N4O3/c1-13-20(14(2)28-24-13)19-11-22-17(10-23-19)9-15-7-8-25(12-15)21(27)16-3-5-18(26)6-4-16/h3-6,10-11,15,26H,7-9,12H2,1-2H3/t15-/m0/s1. The quantitative estimate of drug-likeness (QED) is 0.750. The van der Waals surface area contributed by atoms with E-state index in [1.807, 2.05) is 18.7 Å². The van der Waals surface area contributed by atoms with Crippen LogP contribution in [0, 0.1) is 19.8 Å². The number of carbonyl (C=O) groups excluding carboxylic acids is 1. The van der Waals surface area contributed by atoms with Crippen molar-refractivity contribution >= 4 is 5.91 Å². The highest BCUT2D eigenvalue weighted by Gasteiger charge is 2.27. The van der Waals surface area contributed by atoms with Gasteiger partial charge >= 0.3 is 0 Å². The zero-order chi connectivity index (χ0) is 19.7. The van der Waals surface area contributed by atoms with Crippen LogP contribution < -0.4 is 0 Å². The number of likely N-dealkylation sites (tertiary alicyclic amines) is 1. The maximum absolute atomic E-state index is 12.6. The van der Waals surface area contributed by atoms with Crippen LogP contribution in [0.2, 0.25) is 0 Å². The monoisotopic (exact) mass is 378 g/mol. The van der Waals surface area contributed by atoms with E-state index < -0.39 is 0 Å². The second-order valence-corrected chi connectivity index (χ2v) is 7.25. The molecule has 0 saturated carbocycles. The summed E-state index contributed by atoms with van der Waals surface area (Å²) in [5.41, 5.74) is 3.97. The van der Waals surface area contributed by atoms with Crippen molar-refractivity contribution in [2.75, 3.05) is 13.1 Å². The number of carbonyl (C=O) groups is 1. The van der Waals surface area contributed by atoms with Crippen LogP contribution in [0.3, 0.4) is 0 Å². The third-order valence-electron chi connectivity index (χ3n) is 5.18. The molecule has 0 radical (unpaired) electrons. The number of hydrogen-bond acceptors (Lipinski definition) is 6. The lowest BCUT2D eigenvalue weighted by Gasteiger charge is -2.16. The number of phenolic OH excluding ortho intramolecular Hbond substituents is 1. The van der Waals surface area contributed by atoms with Gasteiger partial charge in [0.05, 0.1) is 28.8 Å². The van der Waals surface area contributed by atoms with Gasteiger partial charge in [0, 0.05) is 24.8 Å². The lowest BCUT2D eigenvalue weighted by molar-refractivity contribution is 0.0787. The van der Waals surface area contributed by atoms with Crippen molar-refractivity contribution in [2.45, 2.75) is 26.7 Å². The summed E-state index contributed by atoms with van der Waals surface area (Å²) in [6.07, 6.45) is 5.28. The van der Waals surface area contributed by atoms with Crippen molar-refractivity contribution < 1.29 is 14.4 Å². The van der Waals surface area contributed by atoms with Gasteiger partial charge in [-0.15, -0.1) is 0 Å². The molecule has 1 fully saturated rings. The Bertz CT molecular complexity index is 960. The number of benzene rings is 1. The third kappa shape index (κ3) is 3.60. The average molecular weight is 378 g/mol. The van der Waals surface area contributed by atoms with Gasteiger partial charge < -0.3 is 14.5 Å². The number of aryl methyl sites for hydroxylation is 2. The van der Waals surface area contributed by atoms with E-state index in [1.165, 1.54) is 12.1 Å². The Morgan fingerprint density at radius 1 is 1.21 bits per heavy atom. The number of hydrogen-bond donors (Lipinski definition) is 1. The zero-order valence-electron chi connectivity index (χ0n) is 15.9. The molecule has 7 heteroatoms. The summed E-state index contributed by atoms with van der Waals surface area (Å²) in [5.74, 6) is 1.26. The van der Waals surface area contributed by atoms with Crippen LogP contribution >= 0.6 is 0 Å². The van der Waals surface area contributed by atoms with E-state index in [4.69, 9.17) is 4.52 Å². The molecule has 1 N–H and O–H groups in total. The second-order valence-electron chi connectivity index (χ2n) is 7.25. The van der Waals surface area contributed by atoms with Crippen LogP contribution in [-0.4, -0.2) is 44.1 Å². The van der Waals surface area contributed by atoms with Gasteiger partial charge in [0.1, 0.15) is 11.5 Å². The first-order valence-electron chi connectivity index (χ1n) is 9.33. The lowest BCUT2D eigenvalue weighted by atomic mass is 10.0. The minimum Gasteiger partial charge on any atom is -0.508 e. The van der Waals surface area contributed by atoms with E-state index in [0.717, 1.165) is 47.8 Å². The maximum atomic E-state index is 12.6. The van der Waals surface area contributed by atoms with E-state index in [1.54, 1.807) is 24.5 Å². The normalized spacial score (nSPS) is 16.5. The number of rotatable bonds is 4. The SMILES string of the molecule is Cc1noc(C)c1-c1cnc(C[C@@H]2CCN(C(=O)c3ccc(O)cc3)C2)cn1. The van der Waals surface area contributed by atoms with Crippen molar-refractivity contribution in [3.05, 3.63) is 59.4 Å². The van der Waals surface area contributed by atoms with Crippen molar-refractivity contribution in [3.63, 3.8) is 0 Å². The summed E-state index contributed by atoms with van der Waals surface area (Å²) >= 11 is 0. The molecule has 0 unspecified atom stereocenters. The van der Waals surface area contributed by atoms with Crippen LogP contribution in [0.15, 0.2) is 41.2 Å². The number of nitrogens with zero attached hydrogens (tertiary/aromatic N) is 4. The molecule has 0 aliphatic carbocycles. The van der Waals surface area contributed by atoms with Gasteiger partial charge in [-0.3, -0.25) is 14.8 Å². The predicted molar refractivity (Wildman–Crippen MR) is 103 cm³/mol. The van der Waals surface area contributed by atoms with Crippen LogP contribution in [0.5, 0.6) is 5.75 Å². The Kier molecular flexibility index (Phi) is 4.81. The molecule has 1 aromatic carbocycles. The van der Waals surface area contributed by atoms with E-state index in [2.05, 4.69) is 15.1 Å². The average Bonchev–Trinajstić information content (AvgIpc) is 3.29. The topological polar surface area (TPSA) is 92.4 Å². The Balaban J connectivity index is 1.39. The zero-order valence-corrected chi connectivity index (χ0v) is 15.9. The van der Waals surface area contributed by atoms with E-state index in [-0.39, 0.29) is 11.7 Å². The van der Waals surface area contributed by atoms with Crippen LogP contribution in [-0.2, 0) is 6.42 Å². The number of amides is 1. The molecule has 2 aromatic heterocycles. The molecule has 7 nitrogen and oxygen atoms in total. The largest absolute Gasteiger partial charge is 0.508 e. The second kappa shape index (κ2) is 7.42. The summed E-state index contributed by atoms with van der Waals surface area (Å²) in [4.78, 5) is 23.5. The summed E-state index contributed by atoms with van der Waals surface area (Å²) in [7, 11) is 0. The summed E-state index contributed by atoms with van der Waals surface area (Å²) in [6.45, 7) is 5.19. The first kappa shape index (κ1) is 18.2. The maximum Gasteiger partial charge on any atom is 0.253 e. The predicted octanol–water partition coefficient (Wildman–Crippen LogP) is 3.16. The number of aromatic hydroxyl groups is 1. The first-order chi connectivity index (χ1) is 13.5. The van der Waals surface area contributed by atoms with Gasteiger partial charge in [-0.2, -0.15) is 0 Å². The molecule has 1 aliphatic heterocycles. The fourth-order valence-electron chi connectivity index (χ4n) is 3.70. The smallest absolute Gasteiger partial charge is 0.253 e. The highest BCUT2D eigenvalue weighted by molar-refractivity contribution is 5.94. The van der Waals surface area contributed by atoms with Gasteiger partial charge in [-0.05, 0) is 56.9 Å². The van der Waals surface area contributed by atoms with Crippen molar-refractivity contribution in [1.29, 1.82) is 0 Å². The van der Waals surface area contributed by atoms with Crippen LogP contribution in [0.1, 0.15) is 33.9 Å². The van der Waals surface area contributed by atoms with Gasteiger partial charge in [0.25, 0.3) is 5.91 Å². The van der Waals surface area contributed by atoms with E-state index in [9.17, 15) is 9.90 Å². The Morgan fingerprint density at radius 2 is 2.00 bits per heavy atom. The number of aromatic nitrogens is 3. The minimum atomic E-state index is 0.00217. The molecular formula is C21H22N4O3. The fraction of sp³-hybridized carbons (Fsp3) is 0.333. The van der Waals surface area contributed by atoms with E-state index >= 15 is 0 Å². The number of phenols is 1. The molecule has 3 heterocycles. The minimum absolute atomic E-state index is 0.00217. The lowest BCUT2D eigenvalue weighted by Crippen LogP contribution is -2.28. The van der Waals surface area contributed by atoms with Crippen LogP contribution in [0.4, 0.5) is 0 Å². The van der Waals surface area contributed by atoms with Crippen molar-refractivity contribution in [2.24, 2.45) is 5.92 Å². The van der Waals surface area contributed by atoms with Gasteiger partial charge in [-0.1, -0.05) is 5.16 Å². The van der Waals surface area contributed by atoms with Crippen LogP contribution in [0.25, 0.3) is 11.3 Å². The molecule has 1 saturated heterocycles. The Morgan fingerprint density at radius 3 is 2.64 bits per heavy atom. The van der Waals surface area contributed by atoms with Gasteiger partial charge in [-0.25, -0.2) is 0 Å².